The van der Waals surface area contributed by atoms with Crippen LogP contribution in [0, 0.1) is 5.92 Å². The molecule has 2 aliphatic heterocycles. The molecular formula is C15H18ClN3O2S. The number of hydrogen-bond acceptors (Lipinski definition) is 4. The molecule has 0 aromatic heterocycles. The van der Waals surface area contributed by atoms with Crippen LogP contribution < -0.4 is 11.1 Å². The van der Waals surface area contributed by atoms with Crippen LogP contribution in [0.25, 0.3) is 0 Å². The van der Waals surface area contributed by atoms with E-state index in [2.05, 4.69) is 5.32 Å². The number of likely N-dealkylation sites (tertiary alicyclic amines) is 1. The van der Waals surface area contributed by atoms with Gasteiger partial charge in [-0.3, -0.25) is 9.59 Å². The van der Waals surface area contributed by atoms with Crippen molar-refractivity contribution in [1.82, 2.24) is 4.90 Å². The Morgan fingerprint density at radius 1 is 1.50 bits per heavy atom. The number of halogens is 1. The topological polar surface area (TPSA) is 75.4 Å². The smallest absolute Gasteiger partial charge is 0.238 e. The summed E-state index contributed by atoms with van der Waals surface area (Å²) in [4.78, 5) is 27.3. The van der Waals surface area contributed by atoms with Gasteiger partial charge < -0.3 is 16.0 Å². The lowest BCUT2D eigenvalue weighted by Crippen LogP contribution is -2.36. The maximum absolute atomic E-state index is 12.4. The normalized spacial score (nSPS) is 24.1. The fraction of sp³-hybridized carbons (Fsp3) is 0.467. The van der Waals surface area contributed by atoms with E-state index < -0.39 is 5.25 Å². The third-order valence-electron chi connectivity index (χ3n) is 4.09. The molecule has 2 unspecified atom stereocenters. The summed E-state index contributed by atoms with van der Waals surface area (Å²) in [6.07, 6.45) is 1.17. The van der Waals surface area contributed by atoms with Crippen molar-refractivity contribution < 1.29 is 9.59 Å². The Kier molecular flexibility index (Phi) is 4.61. The average Bonchev–Trinajstić information content (AvgIpc) is 2.97. The number of nitrogens with two attached hydrogens (primary N) is 1. The molecule has 5 nitrogen and oxygen atoms in total. The number of hydrogen-bond donors (Lipinski definition) is 2. The molecule has 3 rings (SSSR count). The third kappa shape index (κ3) is 3.24. The lowest BCUT2D eigenvalue weighted by Gasteiger charge is -2.25. The molecule has 1 fully saturated rings. The fourth-order valence-corrected chi connectivity index (χ4v) is 4.05. The second-order valence-electron chi connectivity index (χ2n) is 5.67. The molecule has 0 aliphatic carbocycles. The number of fused-ring (bicyclic) bond motifs is 1. The lowest BCUT2D eigenvalue weighted by atomic mass is 10.1. The van der Waals surface area contributed by atoms with Crippen LogP contribution in [-0.2, 0) is 9.59 Å². The maximum Gasteiger partial charge on any atom is 0.238 e. The van der Waals surface area contributed by atoms with Crippen LogP contribution in [0.3, 0.4) is 0 Å². The van der Waals surface area contributed by atoms with Gasteiger partial charge in [-0.25, -0.2) is 0 Å². The Hall–Kier alpha value is -1.24. The molecule has 0 radical (unpaired) electrons. The Morgan fingerprint density at radius 2 is 2.32 bits per heavy atom. The molecule has 0 saturated carbocycles. The van der Waals surface area contributed by atoms with E-state index in [0.29, 0.717) is 24.0 Å². The summed E-state index contributed by atoms with van der Waals surface area (Å²) in [6.45, 7) is 2.06. The number of rotatable bonds is 3. The summed E-state index contributed by atoms with van der Waals surface area (Å²) in [5.74, 6) is 0.281. The quantitative estimate of drug-likeness (QED) is 0.882. The molecular weight excluding hydrogens is 322 g/mol. The largest absolute Gasteiger partial charge is 0.342 e. The fourth-order valence-electron chi connectivity index (χ4n) is 2.80. The highest BCUT2D eigenvalue weighted by atomic mass is 35.5. The zero-order valence-corrected chi connectivity index (χ0v) is 13.6. The van der Waals surface area contributed by atoms with Gasteiger partial charge >= 0.3 is 0 Å². The second kappa shape index (κ2) is 6.48. The van der Waals surface area contributed by atoms with Gasteiger partial charge in [-0.05, 0) is 37.1 Å². The minimum absolute atomic E-state index is 0.0287. The summed E-state index contributed by atoms with van der Waals surface area (Å²) in [5, 5.41) is 3.02. The highest BCUT2D eigenvalue weighted by Crippen LogP contribution is 2.38. The minimum Gasteiger partial charge on any atom is -0.342 e. The van der Waals surface area contributed by atoms with Gasteiger partial charge in [-0.15, -0.1) is 11.8 Å². The van der Waals surface area contributed by atoms with Gasteiger partial charge in [-0.2, -0.15) is 0 Å². The van der Waals surface area contributed by atoms with E-state index in [-0.39, 0.29) is 18.2 Å². The van der Waals surface area contributed by atoms with E-state index in [0.717, 1.165) is 23.5 Å². The molecule has 22 heavy (non-hydrogen) atoms. The zero-order valence-electron chi connectivity index (χ0n) is 12.0. The summed E-state index contributed by atoms with van der Waals surface area (Å²) < 4.78 is 0. The van der Waals surface area contributed by atoms with Crippen molar-refractivity contribution in [3.63, 3.8) is 0 Å². The molecule has 2 amide bonds. The van der Waals surface area contributed by atoms with Crippen LogP contribution in [0.4, 0.5) is 5.69 Å². The van der Waals surface area contributed by atoms with Gasteiger partial charge in [0.1, 0.15) is 0 Å². The number of nitrogens with one attached hydrogen (secondary N) is 1. The Labute approximate surface area is 138 Å². The second-order valence-corrected chi connectivity index (χ2v) is 7.35. The van der Waals surface area contributed by atoms with Crippen LogP contribution in [0.1, 0.15) is 12.8 Å². The van der Waals surface area contributed by atoms with Crippen molar-refractivity contribution in [3.8, 4) is 0 Å². The molecule has 2 heterocycles. The highest BCUT2D eigenvalue weighted by Gasteiger charge is 2.32. The first-order chi connectivity index (χ1) is 10.6. The monoisotopic (exact) mass is 339 g/mol. The first-order valence-electron chi connectivity index (χ1n) is 7.31. The lowest BCUT2D eigenvalue weighted by molar-refractivity contribution is -0.131. The van der Waals surface area contributed by atoms with Gasteiger partial charge in [0, 0.05) is 29.4 Å². The first-order valence-corrected chi connectivity index (χ1v) is 8.57. The molecule has 7 heteroatoms. The highest BCUT2D eigenvalue weighted by molar-refractivity contribution is 8.01. The van der Waals surface area contributed by atoms with Crippen LogP contribution >= 0.6 is 23.4 Å². The summed E-state index contributed by atoms with van der Waals surface area (Å²) >= 11 is 7.35. The summed E-state index contributed by atoms with van der Waals surface area (Å²) in [5.41, 5.74) is 6.37. The summed E-state index contributed by atoms with van der Waals surface area (Å²) in [7, 11) is 0. The Balaban J connectivity index is 1.65. The van der Waals surface area contributed by atoms with E-state index in [1.165, 1.54) is 11.8 Å². The molecule has 1 aromatic rings. The number of anilines is 1. The van der Waals surface area contributed by atoms with E-state index in [1.807, 2.05) is 11.0 Å². The van der Waals surface area contributed by atoms with E-state index >= 15 is 0 Å². The molecule has 1 aromatic carbocycles. The molecule has 118 valence electrons. The minimum atomic E-state index is -0.391. The molecule has 2 atom stereocenters. The van der Waals surface area contributed by atoms with Gasteiger partial charge in [0.25, 0.3) is 0 Å². The first kappa shape index (κ1) is 15.6. The molecule has 3 N–H and O–H groups in total. The predicted molar refractivity (Wildman–Crippen MR) is 88.1 cm³/mol. The standard InChI is InChI=1S/C15H18ClN3O2S/c16-10-1-2-12-11(5-10)18-15(21)13(22-12)6-14(20)19-4-3-9(7-17)8-19/h1-2,5,9,13H,3-4,6-8,17H2,(H,18,21). The SMILES string of the molecule is NCC1CCN(C(=O)CC2Sc3ccc(Cl)cc3NC2=O)C1. The molecule has 2 aliphatic rings. The van der Waals surface area contributed by atoms with E-state index in [4.69, 9.17) is 17.3 Å². The van der Waals surface area contributed by atoms with Gasteiger partial charge in [0.05, 0.1) is 10.9 Å². The zero-order chi connectivity index (χ0) is 15.7. The van der Waals surface area contributed by atoms with Gasteiger partial charge in [-0.1, -0.05) is 11.6 Å². The van der Waals surface area contributed by atoms with Crippen molar-refractivity contribution in [2.45, 2.75) is 23.0 Å². The van der Waals surface area contributed by atoms with Crippen LogP contribution in [-0.4, -0.2) is 41.6 Å². The number of nitrogens with zero attached hydrogens (tertiary/aromatic N) is 1. The number of carbonyl (C=O) groups excluding carboxylic acids is 2. The Morgan fingerprint density at radius 3 is 3.05 bits per heavy atom. The van der Waals surface area contributed by atoms with Gasteiger partial charge in [0.2, 0.25) is 11.8 Å². The average molecular weight is 340 g/mol. The number of thioether (sulfide) groups is 1. The predicted octanol–water partition coefficient (Wildman–Crippen LogP) is 1.95. The summed E-state index contributed by atoms with van der Waals surface area (Å²) in [6, 6.07) is 5.39. The number of amides is 2. The van der Waals surface area contributed by atoms with Crippen LogP contribution in [0.2, 0.25) is 5.02 Å². The Bertz CT molecular complexity index is 610. The maximum atomic E-state index is 12.4. The van der Waals surface area contributed by atoms with Crippen LogP contribution in [0.5, 0.6) is 0 Å². The van der Waals surface area contributed by atoms with Gasteiger partial charge in [0.15, 0.2) is 0 Å². The molecule has 0 bridgehead atoms. The van der Waals surface area contributed by atoms with Crippen molar-refractivity contribution in [2.24, 2.45) is 11.7 Å². The van der Waals surface area contributed by atoms with Crippen LogP contribution in [0.15, 0.2) is 23.1 Å². The van der Waals surface area contributed by atoms with E-state index in [9.17, 15) is 9.59 Å². The number of benzene rings is 1. The van der Waals surface area contributed by atoms with Crippen molar-refractivity contribution in [1.29, 1.82) is 0 Å². The van der Waals surface area contributed by atoms with Crippen molar-refractivity contribution >= 4 is 40.9 Å². The third-order valence-corrected chi connectivity index (χ3v) is 5.60. The number of carbonyl (C=O) groups is 2. The molecule has 0 spiro atoms. The van der Waals surface area contributed by atoms with Crippen molar-refractivity contribution in [2.75, 3.05) is 25.0 Å². The van der Waals surface area contributed by atoms with E-state index in [1.54, 1.807) is 12.1 Å². The van der Waals surface area contributed by atoms with Crippen molar-refractivity contribution in [3.05, 3.63) is 23.2 Å². The molecule has 1 saturated heterocycles.